The number of hydrogen-bond donors (Lipinski definition) is 1. The summed E-state index contributed by atoms with van der Waals surface area (Å²) >= 11 is 6.04. The SMILES string of the molecule is COC(=O)[C@@H]1CCCN1C(=O)C(NC(=O)OCc1ccccc1Cl)C(C)C. The molecule has 1 heterocycles. The van der Waals surface area contributed by atoms with Crippen LogP contribution >= 0.6 is 11.6 Å². The summed E-state index contributed by atoms with van der Waals surface area (Å²) < 4.78 is 9.98. The summed E-state index contributed by atoms with van der Waals surface area (Å²) in [5, 5.41) is 3.11. The fraction of sp³-hybridized carbons (Fsp3) is 0.526. The summed E-state index contributed by atoms with van der Waals surface area (Å²) in [5.74, 6) is -0.929. The van der Waals surface area contributed by atoms with Crippen LogP contribution in [0, 0.1) is 5.92 Å². The molecule has 1 aliphatic heterocycles. The van der Waals surface area contributed by atoms with Crippen molar-refractivity contribution in [2.45, 2.75) is 45.4 Å². The fourth-order valence-electron chi connectivity index (χ4n) is 3.03. The van der Waals surface area contributed by atoms with Crippen LogP contribution in [0.1, 0.15) is 32.3 Å². The summed E-state index contributed by atoms with van der Waals surface area (Å²) in [5.41, 5.74) is 0.673. The third kappa shape index (κ3) is 5.35. The van der Waals surface area contributed by atoms with Gasteiger partial charge in [0.05, 0.1) is 7.11 Å². The molecule has 2 rings (SSSR count). The Morgan fingerprint density at radius 1 is 1.30 bits per heavy atom. The minimum absolute atomic E-state index is 0.000980. The van der Waals surface area contributed by atoms with Gasteiger partial charge in [0.2, 0.25) is 5.91 Å². The van der Waals surface area contributed by atoms with Gasteiger partial charge in [-0.25, -0.2) is 9.59 Å². The Bertz CT molecular complexity index is 694. The van der Waals surface area contributed by atoms with E-state index in [1.807, 2.05) is 13.8 Å². The van der Waals surface area contributed by atoms with Crippen molar-refractivity contribution in [3.05, 3.63) is 34.9 Å². The van der Waals surface area contributed by atoms with E-state index in [-0.39, 0.29) is 18.4 Å². The molecule has 0 bridgehead atoms. The number of likely N-dealkylation sites (tertiary alicyclic amines) is 1. The Labute approximate surface area is 163 Å². The smallest absolute Gasteiger partial charge is 0.408 e. The predicted octanol–water partition coefficient (Wildman–Crippen LogP) is 2.75. The third-order valence-electron chi connectivity index (χ3n) is 4.53. The van der Waals surface area contributed by atoms with Crippen LogP contribution in [0.4, 0.5) is 4.79 Å². The van der Waals surface area contributed by atoms with Crippen LogP contribution in [0.2, 0.25) is 5.02 Å². The lowest BCUT2D eigenvalue weighted by atomic mass is 10.0. The molecule has 0 aliphatic carbocycles. The van der Waals surface area contributed by atoms with Gasteiger partial charge in [0.25, 0.3) is 0 Å². The zero-order chi connectivity index (χ0) is 20.0. The molecule has 0 radical (unpaired) electrons. The van der Waals surface area contributed by atoms with Gasteiger partial charge in [-0.3, -0.25) is 4.79 Å². The quantitative estimate of drug-likeness (QED) is 0.747. The van der Waals surface area contributed by atoms with Crippen LogP contribution in [0.3, 0.4) is 0 Å². The average Bonchev–Trinajstić information content (AvgIpc) is 3.13. The van der Waals surface area contributed by atoms with Gasteiger partial charge in [0, 0.05) is 17.1 Å². The monoisotopic (exact) mass is 396 g/mol. The molecule has 1 aliphatic rings. The summed E-state index contributed by atoms with van der Waals surface area (Å²) in [6.07, 6.45) is 0.559. The zero-order valence-corrected chi connectivity index (χ0v) is 16.5. The fourth-order valence-corrected chi connectivity index (χ4v) is 3.22. The van der Waals surface area contributed by atoms with Gasteiger partial charge in [-0.1, -0.05) is 43.6 Å². The summed E-state index contributed by atoms with van der Waals surface area (Å²) in [6, 6.07) is 5.64. The Balaban J connectivity index is 2.00. The number of alkyl carbamates (subject to hydrolysis) is 1. The lowest BCUT2D eigenvalue weighted by Gasteiger charge is -2.29. The van der Waals surface area contributed by atoms with Crippen molar-refractivity contribution in [3.8, 4) is 0 Å². The highest BCUT2D eigenvalue weighted by atomic mass is 35.5. The standard InChI is InChI=1S/C19H25ClN2O5/c1-12(2)16(17(23)22-10-6-9-15(22)18(24)26-3)21-19(25)27-11-13-7-4-5-8-14(13)20/h4-5,7-8,12,15-16H,6,9-11H2,1-3H3,(H,21,25)/t15-,16?/m0/s1. The molecule has 8 heteroatoms. The second-order valence-electron chi connectivity index (χ2n) is 6.75. The molecule has 1 saturated heterocycles. The van der Waals surface area contributed by atoms with Crippen LogP contribution in [0.25, 0.3) is 0 Å². The van der Waals surface area contributed by atoms with Crippen molar-refractivity contribution in [2.75, 3.05) is 13.7 Å². The lowest BCUT2D eigenvalue weighted by Crippen LogP contribution is -2.54. The van der Waals surface area contributed by atoms with Crippen molar-refractivity contribution in [1.29, 1.82) is 0 Å². The van der Waals surface area contributed by atoms with Crippen LogP contribution in [-0.4, -0.2) is 48.6 Å². The molecule has 7 nitrogen and oxygen atoms in total. The number of carbonyl (C=O) groups is 3. The van der Waals surface area contributed by atoms with E-state index < -0.39 is 24.1 Å². The molecule has 1 N–H and O–H groups in total. The van der Waals surface area contributed by atoms with Crippen LogP contribution in [-0.2, 0) is 25.7 Å². The first kappa shape index (κ1) is 21.0. The molecular formula is C19H25ClN2O5. The highest BCUT2D eigenvalue weighted by molar-refractivity contribution is 6.31. The summed E-state index contributed by atoms with van der Waals surface area (Å²) in [7, 11) is 1.30. The summed E-state index contributed by atoms with van der Waals surface area (Å²) in [6.45, 7) is 4.09. The molecule has 2 amide bonds. The zero-order valence-electron chi connectivity index (χ0n) is 15.7. The second kappa shape index (κ2) is 9.60. The van der Waals surface area contributed by atoms with Crippen molar-refractivity contribution in [3.63, 3.8) is 0 Å². The Hall–Kier alpha value is -2.28. The molecule has 1 aromatic rings. The van der Waals surface area contributed by atoms with E-state index in [4.69, 9.17) is 21.1 Å². The van der Waals surface area contributed by atoms with Crippen LogP contribution < -0.4 is 5.32 Å². The van der Waals surface area contributed by atoms with E-state index in [0.717, 1.165) is 0 Å². The molecule has 1 unspecified atom stereocenters. The van der Waals surface area contributed by atoms with E-state index in [1.54, 1.807) is 24.3 Å². The Kier molecular flexibility index (Phi) is 7.47. The van der Waals surface area contributed by atoms with E-state index in [2.05, 4.69) is 5.32 Å². The number of methoxy groups -OCH3 is 1. The number of hydrogen-bond acceptors (Lipinski definition) is 5. The molecule has 1 fully saturated rings. The molecular weight excluding hydrogens is 372 g/mol. The Morgan fingerprint density at radius 2 is 2.00 bits per heavy atom. The minimum Gasteiger partial charge on any atom is -0.467 e. The average molecular weight is 397 g/mol. The molecule has 0 spiro atoms. The number of carbonyl (C=O) groups excluding carboxylic acids is 3. The first-order valence-electron chi connectivity index (χ1n) is 8.90. The predicted molar refractivity (Wildman–Crippen MR) is 100 cm³/mol. The van der Waals surface area contributed by atoms with E-state index in [1.165, 1.54) is 12.0 Å². The number of nitrogens with zero attached hydrogens (tertiary/aromatic N) is 1. The van der Waals surface area contributed by atoms with Crippen molar-refractivity contribution in [2.24, 2.45) is 5.92 Å². The topological polar surface area (TPSA) is 84.9 Å². The first-order chi connectivity index (χ1) is 12.8. The van der Waals surface area contributed by atoms with Gasteiger partial charge in [0.1, 0.15) is 18.7 Å². The van der Waals surface area contributed by atoms with Gasteiger partial charge in [-0.2, -0.15) is 0 Å². The van der Waals surface area contributed by atoms with Crippen LogP contribution in [0.15, 0.2) is 24.3 Å². The number of rotatable bonds is 6. The van der Waals surface area contributed by atoms with Crippen LogP contribution in [0.5, 0.6) is 0 Å². The largest absolute Gasteiger partial charge is 0.467 e. The van der Waals surface area contributed by atoms with Crippen molar-refractivity contribution >= 4 is 29.6 Å². The maximum absolute atomic E-state index is 12.9. The van der Waals surface area contributed by atoms with Gasteiger partial charge < -0.3 is 19.7 Å². The maximum atomic E-state index is 12.9. The third-order valence-corrected chi connectivity index (χ3v) is 4.90. The molecule has 1 aromatic carbocycles. The molecule has 27 heavy (non-hydrogen) atoms. The Morgan fingerprint density at radius 3 is 2.63 bits per heavy atom. The lowest BCUT2D eigenvalue weighted by molar-refractivity contribution is -0.151. The highest BCUT2D eigenvalue weighted by Crippen LogP contribution is 2.21. The van der Waals surface area contributed by atoms with Gasteiger partial charge >= 0.3 is 12.1 Å². The summed E-state index contributed by atoms with van der Waals surface area (Å²) in [4.78, 5) is 38.5. The van der Waals surface area contributed by atoms with E-state index in [0.29, 0.717) is 30.0 Å². The van der Waals surface area contributed by atoms with Gasteiger partial charge in [-0.15, -0.1) is 0 Å². The number of ether oxygens (including phenoxy) is 2. The number of benzene rings is 1. The second-order valence-corrected chi connectivity index (χ2v) is 7.15. The van der Waals surface area contributed by atoms with E-state index >= 15 is 0 Å². The number of halogens is 1. The normalized spacial score (nSPS) is 17.5. The first-order valence-corrected chi connectivity index (χ1v) is 9.28. The van der Waals surface area contributed by atoms with E-state index in [9.17, 15) is 14.4 Å². The number of amides is 2. The van der Waals surface area contributed by atoms with Gasteiger partial charge in [-0.05, 0) is 24.8 Å². The molecule has 0 saturated carbocycles. The highest BCUT2D eigenvalue weighted by Gasteiger charge is 2.39. The maximum Gasteiger partial charge on any atom is 0.408 e. The molecule has 2 atom stereocenters. The van der Waals surface area contributed by atoms with Crippen molar-refractivity contribution < 1.29 is 23.9 Å². The molecule has 0 aromatic heterocycles. The van der Waals surface area contributed by atoms with Gasteiger partial charge in [0.15, 0.2) is 0 Å². The molecule has 148 valence electrons. The van der Waals surface area contributed by atoms with Crippen molar-refractivity contribution in [1.82, 2.24) is 10.2 Å². The number of esters is 1. The minimum atomic E-state index is -0.797. The number of nitrogens with one attached hydrogen (secondary N) is 1.